The number of hydrogen-bond donors (Lipinski definition) is 0. The summed E-state index contributed by atoms with van der Waals surface area (Å²) in [5, 5.41) is 1.02. The Hall–Kier alpha value is -2.74. The van der Waals surface area contributed by atoms with E-state index < -0.39 is 6.61 Å². The molecule has 0 saturated heterocycles. The van der Waals surface area contributed by atoms with E-state index in [1.165, 1.54) is 36.0 Å². The molecule has 152 valence electrons. The summed E-state index contributed by atoms with van der Waals surface area (Å²) in [5.41, 5.74) is 0.825. The minimum absolute atomic E-state index is 0.00833. The Morgan fingerprint density at radius 3 is 2.52 bits per heavy atom. The number of carbonyl (C=O) groups excluding carboxylic acids is 1. The molecule has 0 bridgehead atoms. The number of carbonyl (C=O) groups is 1. The quantitative estimate of drug-likeness (QED) is 0.294. The van der Waals surface area contributed by atoms with Crippen LogP contribution in [0.15, 0.2) is 58.5 Å². The summed E-state index contributed by atoms with van der Waals surface area (Å²) in [5.74, 6) is -0.140. The molecule has 0 amide bonds. The maximum absolute atomic E-state index is 12.9. The topological polar surface area (TPSA) is 61.2 Å². The molecule has 0 aliphatic rings. The zero-order chi connectivity index (χ0) is 21.0. The van der Waals surface area contributed by atoms with E-state index >= 15 is 0 Å². The van der Waals surface area contributed by atoms with Gasteiger partial charge in [-0.05, 0) is 49.7 Å². The number of halogens is 2. The molecule has 2 aromatic carbocycles. The molecular weight excluding hydrogens is 398 g/mol. The van der Waals surface area contributed by atoms with Crippen molar-refractivity contribution in [1.29, 1.82) is 0 Å². The van der Waals surface area contributed by atoms with Gasteiger partial charge in [0, 0.05) is 11.6 Å². The Balaban J connectivity index is 1.84. The Bertz CT molecular complexity index is 1070. The van der Waals surface area contributed by atoms with Gasteiger partial charge in [0.25, 0.3) is 5.56 Å². The number of Topliss-reactive ketones (excluding diaryl/α,β-unsaturated/α-hetero) is 1. The number of ketones is 1. The second-order valence-electron chi connectivity index (χ2n) is 6.46. The van der Waals surface area contributed by atoms with Crippen LogP contribution in [-0.2, 0) is 0 Å². The monoisotopic (exact) mass is 418 g/mol. The first kappa shape index (κ1) is 21.0. The molecule has 3 aromatic rings. The summed E-state index contributed by atoms with van der Waals surface area (Å²) in [7, 11) is 0. The first-order chi connectivity index (χ1) is 13.9. The highest BCUT2D eigenvalue weighted by Gasteiger charge is 2.17. The Kier molecular flexibility index (Phi) is 6.64. The van der Waals surface area contributed by atoms with Crippen molar-refractivity contribution >= 4 is 28.4 Å². The molecule has 0 radical (unpaired) electrons. The molecule has 1 atom stereocenters. The summed E-state index contributed by atoms with van der Waals surface area (Å²) < 4.78 is 30.4. The van der Waals surface area contributed by atoms with E-state index in [9.17, 15) is 18.4 Å². The van der Waals surface area contributed by atoms with E-state index in [4.69, 9.17) is 0 Å². The molecule has 0 unspecified atom stereocenters. The molecular formula is C21H20F2N2O3S. The van der Waals surface area contributed by atoms with Crippen LogP contribution in [0.5, 0.6) is 5.75 Å². The van der Waals surface area contributed by atoms with Crippen LogP contribution in [0.2, 0.25) is 0 Å². The average Bonchev–Trinajstić information content (AvgIpc) is 2.71. The second kappa shape index (κ2) is 9.17. The molecule has 3 rings (SSSR count). The molecule has 0 fully saturated rings. The molecule has 1 aromatic heterocycles. The van der Waals surface area contributed by atoms with Gasteiger partial charge in [-0.3, -0.25) is 14.2 Å². The number of para-hydroxylation sites is 1. The van der Waals surface area contributed by atoms with Gasteiger partial charge < -0.3 is 4.74 Å². The Labute approximate surface area is 170 Å². The summed E-state index contributed by atoms with van der Waals surface area (Å²) in [4.78, 5) is 30.1. The fourth-order valence-electron chi connectivity index (χ4n) is 2.83. The highest BCUT2D eigenvalue weighted by atomic mass is 32.2. The van der Waals surface area contributed by atoms with Crippen molar-refractivity contribution in [2.75, 3.05) is 5.75 Å². The minimum atomic E-state index is -2.91. The van der Waals surface area contributed by atoms with Crippen LogP contribution in [0, 0.1) is 0 Å². The number of alkyl halides is 2. The predicted molar refractivity (Wildman–Crippen MR) is 109 cm³/mol. The molecule has 0 N–H and O–H groups in total. The fourth-order valence-corrected chi connectivity index (χ4v) is 3.83. The van der Waals surface area contributed by atoms with E-state index in [1.54, 1.807) is 22.8 Å². The van der Waals surface area contributed by atoms with Gasteiger partial charge in [0.1, 0.15) is 5.75 Å². The third-order valence-corrected chi connectivity index (χ3v) is 5.49. The number of aromatic nitrogens is 2. The highest BCUT2D eigenvalue weighted by Crippen LogP contribution is 2.24. The maximum Gasteiger partial charge on any atom is 0.387 e. The van der Waals surface area contributed by atoms with Gasteiger partial charge in [-0.2, -0.15) is 8.78 Å². The van der Waals surface area contributed by atoms with Crippen molar-refractivity contribution in [2.24, 2.45) is 0 Å². The molecule has 1 heterocycles. The largest absolute Gasteiger partial charge is 0.435 e. The van der Waals surface area contributed by atoms with E-state index in [0.717, 1.165) is 6.42 Å². The van der Waals surface area contributed by atoms with Crippen LogP contribution in [0.4, 0.5) is 8.78 Å². The van der Waals surface area contributed by atoms with Crippen molar-refractivity contribution in [3.63, 3.8) is 0 Å². The van der Waals surface area contributed by atoms with Crippen molar-refractivity contribution in [3.05, 3.63) is 64.4 Å². The average molecular weight is 418 g/mol. The third-order valence-electron chi connectivity index (χ3n) is 4.54. The lowest BCUT2D eigenvalue weighted by Crippen LogP contribution is -2.26. The van der Waals surface area contributed by atoms with E-state index in [0.29, 0.717) is 21.6 Å². The first-order valence-electron chi connectivity index (χ1n) is 9.12. The van der Waals surface area contributed by atoms with Crippen LogP contribution >= 0.6 is 11.8 Å². The van der Waals surface area contributed by atoms with Crippen LogP contribution in [-0.4, -0.2) is 27.7 Å². The maximum atomic E-state index is 12.9. The van der Waals surface area contributed by atoms with Crippen LogP contribution in [0.3, 0.4) is 0 Å². The fraction of sp³-hybridized carbons (Fsp3) is 0.286. The van der Waals surface area contributed by atoms with E-state index in [1.807, 2.05) is 19.9 Å². The van der Waals surface area contributed by atoms with Gasteiger partial charge in [-0.15, -0.1) is 0 Å². The number of benzene rings is 2. The molecule has 0 saturated carbocycles. The lowest BCUT2D eigenvalue weighted by Gasteiger charge is -2.18. The van der Waals surface area contributed by atoms with Crippen molar-refractivity contribution < 1.29 is 18.3 Å². The number of rotatable bonds is 8. The number of fused-ring (bicyclic) bond motifs is 1. The lowest BCUT2D eigenvalue weighted by atomic mass is 10.1. The molecule has 5 nitrogen and oxygen atoms in total. The number of hydrogen-bond acceptors (Lipinski definition) is 5. The number of thioether (sulfide) groups is 1. The number of ether oxygens (including phenoxy) is 1. The predicted octanol–water partition coefficient (Wildman–Crippen LogP) is 4.94. The highest BCUT2D eigenvalue weighted by molar-refractivity contribution is 7.99. The van der Waals surface area contributed by atoms with Gasteiger partial charge in [0.2, 0.25) is 0 Å². The third kappa shape index (κ3) is 4.82. The molecule has 0 aliphatic carbocycles. The van der Waals surface area contributed by atoms with Crippen molar-refractivity contribution in [2.45, 2.75) is 38.1 Å². The van der Waals surface area contributed by atoms with E-state index in [-0.39, 0.29) is 28.9 Å². The van der Waals surface area contributed by atoms with Gasteiger partial charge in [0.15, 0.2) is 10.9 Å². The van der Waals surface area contributed by atoms with Crippen molar-refractivity contribution in [3.8, 4) is 5.75 Å². The van der Waals surface area contributed by atoms with Crippen LogP contribution < -0.4 is 10.3 Å². The smallest absolute Gasteiger partial charge is 0.387 e. The standard InChI is InChI=1S/C21H20F2N2O3S/c1-3-13(2)25-19(27)16-6-4-5-7-17(16)24-21(25)29-12-18(26)14-8-10-15(11-9-14)28-20(22)23/h4-11,13,20H,3,12H2,1-2H3/t13-/m0/s1. The molecule has 8 heteroatoms. The molecule has 0 aliphatic heterocycles. The van der Waals surface area contributed by atoms with Gasteiger partial charge in [-0.25, -0.2) is 4.98 Å². The zero-order valence-corrected chi connectivity index (χ0v) is 16.8. The second-order valence-corrected chi connectivity index (χ2v) is 7.40. The first-order valence-corrected chi connectivity index (χ1v) is 10.1. The van der Waals surface area contributed by atoms with Crippen LogP contribution in [0.25, 0.3) is 10.9 Å². The van der Waals surface area contributed by atoms with Crippen molar-refractivity contribution in [1.82, 2.24) is 9.55 Å². The van der Waals surface area contributed by atoms with E-state index in [2.05, 4.69) is 9.72 Å². The minimum Gasteiger partial charge on any atom is -0.435 e. The summed E-state index contributed by atoms with van der Waals surface area (Å²) >= 11 is 1.19. The Morgan fingerprint density at radius 2 is 1.86 bits per heavy atom. The summed E-state index contributed by atoms with van der Waals surface area (Å²) in [6.45, 7) is 1.00. The Morgan fingerprint density at radius 1 is 1.17 bits per heavy atom. The number of nitrogens with zero attached hydrogens (tertiary/aromatic N) is 2. The van der Waals surface area contributed by atoms with Crippen LogP contribution in [0.1, 0.15) is 36.7 Å². The normalized spacial score (nSPS) is 12.3. The van der Waals surface area contributed by atoms with Gasteiger partial charge >= 0.3 is 6.61 Å². The molecule has 0 spiro atoms. The van der Waals surface area contributed by atoms with Gasteiger partial charge in [-0.1, -0.05) is 30.8 Å². The summed E-state index contributed by atoms with van der Waals surface area (Å²) in [6.07, 6.45) is 0.743. The zero-order valence-electron chi connectivity index (χ0n) is 16.0. The lowest BCUT2D eigenvalue weighted by molar-refractivity contribution is -0.0498. The molecule has 29 heavy (non-hydrogen) atoms. The SMILES string of the molecule is CC[C@H](C)n1c(SCC(=O)c2ccc(OC(F)F)cc2)nc2ccccc2c1=O. The van der Waals surface area contributed by atoms with Gasteiger partial charge in [0.05, 0.1) is 16.7 Å². The summed E-state index contributed by atoms with van der Waals surface area (Å²) in [6, 6.07) is 12.6.